The van der Waals surface area contributed by atoms with E-state index in [0.717, 1.165) is 32.1 Å². The summed E-state index contributed by atoms with van der Waals surface area (Å²) < 4.78 is 12.3. The zero-order valence-electron chi connectivity index (χ0n) is 11.7. The summed E-state index contributed by atoms with van der Waals surface area (Å²) in [5.41, 5.74) is 2.43. The van der Waals surface area contributed by atoms with Gasteiger partial charge in [0, 0.05) is 24.2 Å². The molecular weight excluding hydrogens is 306 g/mol. The maximum atomic E-state index is 5.77. The Morgan fingerprint density at radius 3 is 2.74 bits per heavy atom. The monoisotopic (exact) mass is 327 g/mol. The third-order valence-electron chi connectivity index (χ3n) is 3.41. The first-order chi connectivity index (χ1) is 9.16. The summed E-state index contributed by atoms with van der Waals surface area (Å²) in [7, 11) is 0. The molecule has 2 rings (SSSR count). The van der Waals surface area contributed by atoms with Crippen LogP contribution in [-0.4, -0.2) is 32.9 Å². The van der Waals surface area contributed by atoms with Gasteiger partial charge in [0.15, 0.2) is 0 Å². The maximum absolute atomic E-state index is 5.77. The second kappa shape index (κ2) is 7.27. The fourth-order valence-electron chi connectivity index (χ4n) is 2.28. The third kappa shape index (κ3) is 4.48. The van der Waals surface area contributed by atoms with Crippen LogP contribution in [0.4, 0.5) is 0 Å². The Kier molecular flexibility index (Phi) is 5.67. The molecule has 1 aromatic carbocycles. The van der Waals surface area contributed by atoms with Crippen molar-refractivity contribution in [1.82, 2.24) is 5.32 Å². The third-order valence-corrected chi connectivity index (χ3v) is 4.67. The van der Waals surface area contributed by atoms with E-state index in [4.69, 9.17) is 9.47 Å². The van der Waals surface area contributed by atoms with Gasteiger partial charge in [-0.2, -0.15) is 0 Å². The highest BCUT2D eigenvalue weighted by molar-refractivity contribution is 9.10. The van der Waals surface area contributed by atoms with Crippen LogP contribution in [0.3, 0.4) is 0 Å². The number of hydrogen-bond acceptors (Lipinski definition) is 3. The normalized spacial score (nSPS) is 18.8. The number of hydrogen-bond donors (Lipinski definition) is 1. The van der Waals surface area contributed by atoms with Crippen molar-refractivity contribution in [3.8, 4) is 5.75 Å². The molecule has 1 heterocycles. The Morgan fingerprint density at radius 1 is 1.37 bits per heavy atom. The van der Waals surface area contributed by atoms with Crippen molar-refractivity contribution in [1.29, 1.82) is 0 Å². The van der Waals surface area contributed by atoms with Crippen LogP contribution in [-0.2, 0) is 4.74 Å². The highest BCUT2D eigenvalue weighted by Crippen LogP contribution is 2.26. The minimum absolute atomic E-state index is 0.678. The Labute approximate surface area is 123 Å². The second-order valence-electron chi connectivity index (χ2n) is 5.15. The van der Waals surface area contributed by atoms with E-state index in [1.807, 2.05) is 0 Å². The SMILES string of the molecule is Cc1cc(OCCNCC2CCOC2)cc(C)c1Br. The number of nitrogens with one attached hydrogen (secondary N) is 1. The Balaban J connectivity index is 1.67. The van der Waals surface area contributed by atoms with Crippen molar-refractivity contribution in [3.63, 3.8) is 0 Å². The smallest absolute Gasteiger partial charge is 0.119 e. The fourth-order valence-corrected chi connectivity index (χ4v) is 2.51. The minimum atomic E-state index is 0.678. The molecule has 0 amide bonds. The topological polar surface area (TPSA) is 30.5 Å². The van der Waals surface area contributed by atoms with Crippen LogP contribution in [0.1, 0.15) is 17.5 Å². The maximum Gasteiger partial charge on any atom is 0.119 e. The van der Waals surface area contributed by atoms with Crippen LogP contribution in [0.5, 0.6) is 5.75 Å². The van der Waals surface area contributed by atoms with Crippen LogP contribution in [0.25, 0.3) is 0 Å². The van der Waals surface area contributed by atoms with E-state index < -0.39 is 0 Å². The molecule has 0 radical (unpaired) electrons. The van der Waals surface area contributed by atoms with E-state index >= 15 is 0 Å². The molecule has 0 aliphatic carbocycles. The zero-order chi connectivity index (χ0) is 13.7. The Bertz CT molecular complexity index is 394. The molecule has 4 heteroatoms. The average molecular weight is 328 g/mol. The summed E-state index contributed by atoms with van der Waals surface area (Å²) in [6, 6.07) is 4.14. The molecule has 0 spiro atoms. The number of rotatable bonds is 6. The quantitative estimate of drug-likeness (QED) is 0.814. The highest BCUT2D eigenvalue weighted by Gasteiger charge is 2.14. The molecule has 1 unspecified atom stereocenters. The van der Waals surface area contributed by atoms with E-state index in [2.05, 4.69) is 47.2 Å². The van der Waals surface area contributed by atoms with Crippen LogP contribution < -0.4 is 10.1 Å². The van der Waals surface area contributed by atoms with Gasteiger partial charge in [-0.3, -0.25) is 0 Å². The predicted molar refractivity (Wildman–Crippen MR) is 80.9 cm³/mol. The first-order valence-electron chi connectivity index (χ1n) is 6.85. The summed E-state index contributed by atoms with van der Waals surface area (Å²) in [6.07, 6.45) is 1.18. The highest BCUT2D eigenvalue weighted by atomic mass is 79.9. The van der Waals surface area contributed by atoms with Gasteiger partial charge in [-0.05, 0) is 49.4 Å². The summed E-state index contributed by atoms with van der Waals surface area (Å²) >= 11 is 3.56. The molecule has 1 atom stereocenters. The van der Waals surface area contributed by atoms with Gasteiger partial charge in [0.05, 0.1) is 6.61 Å². The molecule has 0 aromatic heterocycles. The Morgan fingerprint density at radius 2 is 2.11 bits per heavy atom. The van der Waals surface area contributed by atoms with E-state index in [9.17, 15) is 0 Å². The van der Waals surface area contributed by atoms with Gasteiger partial charge in [0.1, 0.15) is 12.4 Å². The van der Waals surface area contributed by atoms with E-state index in [1.54, 1.807) is 0 Å². The van der Waals surface area contributed by atoms with Crippen LogP contribution >= 0.6 is 15.9 Å². The van der Waals surface area contributed by atoms with Crippen molar-refractivity contribution in [2.45, 2.75) is 20.3 Å². The first kappa shape index (κ1) is 14.8. The summed E-state index contributed by atoms with van der Waals surface area (Å²) in [5.74, 6) is 1.63. The molecule has 1 aliphatic heterocycles. The van der Waals surface area contributed by atoms with E-state index in [-0.39, 0.29) is 0 Å². The van der Waals surface area contributed by atoms with Crippen LogP contribution in [0.2, 0.25) is 0 Å². The van der Waals surface area contributed by atoms with Gasteiger partial charge in [0.2, 0.25) is 0 Å². The largest absolute Gasteiger partial charge is 0.492 e. The van der Waals surface area contributed by atoms with Crippen molar-refractivity contribution >= 4 is 15.9 Å². The minimum Gasteiger partial charge on any atom is -0.492 e. The lowest BCUT2D eigenvalue weighted by Crippen LogP contribution is -2.27. The fraction of sp³-hybridized carbons (Fsp3) is 0.600. The lowest BCUT2D eigenvalue weighted by atomic mass is 10.1. The molecule has 3 nitrogen and oxygen atoms in total. The van der Waals surface area contributed by atoms with Gasteiger partial charge in [-0.25, -0.2) is 0 Å². The molecule has 1 saturated heterocycles. The molecule has 1 fully saturated rings. The number of benzene rings is 1. The number of aryl methyl sites for hydroxylation is 2. The van der Waals surface area contributed by atoms with Crippen molar-refractivity contribution < 1.29 is 9.47 Å². The zero-order valence-corrected chi connectivity index (χ0v) is 13.3. The summed E-state index contributed by atoms with van der Waals surface area (Å²) in [5, 5.41) is 3.42. The number of ether oxygens (including phenoxy) is 2. The van der Waals surface area contributed by atoms with Crippen molar-refractivity contribution in [3.05, 3.63) is 27.7 Å². The molecule has 1 N–H and O–H groups in total. The predicted octanol–water partition coefficient (Wildman–Crippen LogP) is 3.07. The molecule has 19 heavy (non-hydrogen) atoms. The van der Waals surface area contributed by atoms with Crippen molar-refractivity contribution in [2.24, 2.45) is 5.92 Å². The van der Waals surface area contributed by atoms with Gasteiger partial charge in [-0.15, -0.1) is 0 Å². The summed E-state index contributed by atoms with van der Waals surface area (Å²) in [4.78, 5) is 0. The second-order valence-corrected chi connectivity index (χ2v) is 5.95. The molecule has 0 saturated carbocycles. The number of halogens is 1. The van der Waals surface area contributed by atoms with Gasteiger partial charge >= 0.3 is 0 Å². The van der Waals surface area contributed by atoms with Gasteiger partial charge < -0.3 is 14.8 Å². The average Bonchev–Trinajstić information content (AvgIpc) is 2.88. The first-order valence-corrected chi connectivity index (χ1v) is 7.64. The summed E-state index contributed by atoms with van der Waals surface area (Å²) in [6.45, 7) is 8.60. The van der Waals surface area contributed by atoms with E-state index in [0.29, 0.717) is 12.5 Å². The van der Waals surface area contributed by atoms with E-state index in [1.165, 1.54) is 22.0 Å². The molecule has 106 valence electrons. The lowest BCUT2D eigenvalue weighted by Gasteiger charge is -2.12. The van der Waals surface area contributed by atoms with Gasteiger partial charge in [0.25, 0.3) is 0 Å². The van der Waals surface area contributed by atoms with Crippen LogP contribution in [0.15, 0.2) is 16.6 Å². The Hall–Kier alpha value is -0.580. The van der Waals surface area contributed by atoms with Gasteiger partial charge in [-0.1, -0.05) is 15.9 Å². The molecular formula is C15H22BrNO2. The molecule has 1 aliphatic rings. The van der Waals surface area contributed by atoms with Crippen molar-refractivity contribution in [2.75, 3.05) is 32.9 Å². The molecule has 1 aromatic rings. The standard InChI is InChI=1S/C15H22BrNO2/c1-11-7-14(8-12(2)15(11)16)19-6-4-17-9-13-3-5-18-10-13/h7-8,13,17H,3-6,9-10H2,1-2H3. The molecule has 0 bridgehead atoms. The van der Waals surface area contributed by atoms with Crippen LogP contribution in [0, 0.1) is 19.8 Å². The lowest BCUT2D eigenvalue weighted by molar-refractivity contribution is 0.185.